The van der Waals surface area contributed by atoms with Gasteiger partial charge in [0.2, 0.25) is 11.8 Å². The molecular weight excluding hydrogens is 464 g/mol. The van der Waals surface area contributed by atoms with E-state index in [1.807, 2.05) is 42.5 Å². The molecule has 0 spiro atoms. The number of anilines is 1. The van der Waals surface area contributed by atoms with Crippen molar-refractivity contribution in [3.05, 3.63) is 113 Å². The Hall–Kier alpha value is -4.46. The van der Waals surface area contributed by atoms with Gasteiger partial charge in [-0.1, -0.05) is 30.3 Å². The maximum atomic E-state index is 14.2. The molecule has 0 saturated carbocycles. The molecule has 0 aliphatic heterocycles. The number of methoxy groups -OCH3 is 1. The number of carbonyl (C=O) groups is 1. The van der Waals surface area contributed by atoms with Gasteiger partial charge in [-0.15, -0.1) is 0 Å². The van der Waals surface area contributed by atoms with E-state index in [0.717, 1.165) is 17.3 Å². The average molecular weight is 490 g/mol. The molecule has 0 aliphatic carbocycles. The summed E-state index contributed by atoms with van der Waals surface area (Å²) in [5, 5.41) is 0. The normalized spacial score (nSPS) is 10.6. The second-order valence-electron chi connectivity index (χ2n) is 8.08. The molecule has 4 rings (SSSR count). The standard InChI is InChI=1S/C28H25F2N3O3/c1-35-26-15-19(7-11-25(26)36-27-12-9-21(17-32-27)28(31)34)18-33(23-5-3-2-4-6-23)14-13-20-8-10-22(29)16-24(20)30/h2-12,15-17H,13-14,18H2,1H3,(H2,31,34). The van der Waals surface area contributed by atoms with Crippen LogP contribution in [0.2, 0.25) is 0 Å². The van der Waals surface area contributed by atoms with Crippen LogP contribution in [0.4, 0.5) is 14.5 Å². The van der Waals surface area contributed by atoms with Gasteiger partial charge in [-0.3, -0.25) is 4.79 Å². The number of rotatable bonds is 10. The summed E-state index contributed by atoms with van der Waals surface area (Å²) in [6.07, 6.45) is 1.76. The van der Waals surface area contributed by atoms with E-state index in [1.54, 1.807) is 19.2 Å². The highest BCUT2D eigenvalue weighted by atomic mass is 19.1. The Kier molecular flexibility index (Phi) is 7.75. The van der Waals surface area contributed by atoms with Crippen LogP contribution in [-0.4, -0.2) is 24.5 Å². The minimum absolute atomic E-state index is 0.284. The van der Waals surface area contributed by atoms with Crippen LogP contribution in [0.1, 0.15) is 21.5 Å². The largest absolute Gasteiger partial charge is 0.493 e. The number of hydrogen-bond donors (Lipinski definition) is 1. The van der Waals surface area contributed by atoms with E-state index in [4.69, 9.17) is 15.2 Å². The van der Waals surface area contributed by atoms with Gasteiger partial charge in [0.15, 0.2) is 11.5 Å². The van der Waals surface area contributed by atoms with Gasteiger partial charge < -0.3 is 20.1 Å². The smallest absolute Gasteiger partial charge is 0.250 e. The Balaban J connectivity index is 1.52. The molecule has 0 atom stereocenters. The Morgan fingerprint density at radius 1 is 0.972 bits per heavy atom. The third kappa shape index (κ3) is 6.15. The molecule has 0 unspecified atom stereocenters. The van der Waals surface area contributed by atoms with Crippen LogP contribution in [-0.2, 0) is 13.0 Å². The first-order valence-corrected chi connectivity index (χ1v) is 11.3. The number of halogens is 2. The molecular formula is C28H25F2N3O3. The van der Waals surface area contributed by atoms with Gasteiger partial charge in [-0.05, 0) is 53.9 Å². The maximum Gasteiger partial charge on any atom is 0.250 e. The third-order valence-electron chi connectivity index (χ3n) is 5.62. The number of ether oxygens (including phenoxy) is 2. The summed E-state index contributed by atoms with van der Waals surface area (Å²) in [7, 11) is 1.54. The molecule has 4 aromatic rings. The fourth-order valence-corrected chi connectivity index (χ4v) is 3.73. The van der Waals surface area contributed by atoms with E-state index >= 15 is 0 Å². The summed E-state index contributed by atoms with van der Waals surface area (Å²) in [5.41, 5.74) is 7.90. The van der Waals surface area contributed by atoms with Crippen molar-refractivity contribution in [2.24, 2.45) is 5.73 Å². The van der Waals surface area contributed by atoms with Crippen molar-refractivity contribution < 1.29 is 23.0 Å². The van der Waals surface area contributed by atoms with E-state index in [-0.39, 0.29) is 5.56 Å². The van der Waals surface area contributed by atoms with Crippen molar-refractivity contribution in [3.63, 3.8) is 0 Å². The number of primary amides is 1. The van der Waals surface area contributed by atoms with Crippen molar-refractivity contribution in [2.45, 2.75) is 13.0 Å². The predicted molar refractivity (Wildman–Crippen MR) is 133 cm³/mol. The molecule has 1 aromatic heterocycles. The zero-order valence-electron chi connectivity index (χ0n) is 19.7. The van der Waals surface area contributed by atoms with Crippen LogP contribution >= 0.6 is 0 Å². The second kappa shape index (κ2) is 11.3. The van der Waals surface area contributed by atoms with Crippen LogP contribution < -0.4 is 20.1 Å². The second-order valence-corrected chi connectivity index (χ2v) is 8.08. The number of amides is 1. The van der Waals surface area contributed by atoms with E-state index < -0.39 is 17.5 Å². The van der Waals surface area contributed by atoms with Gasteiger partial charge in [-0.25, -0.2) is 13.8 Å². The SMILES string of the molecule is COc1cc(CN(CCc2ccc(F)cc2F)c2ccccc2)ccc1Oc1ccc(C(N)=O)cn1. The lowest BCUT2D eigenvalue weighted by molar-refractivity contribution is 0.1000. The van der Waals surface area contributed by atoms with Gasteiger partial charge in [0, 0.05) is 37.1 Å². The number of nitrogens with two attached hydrogens (primary N) is 1. The predicted octanol–water partition coefficient (Wildman–Crippen LogP) is 5.51. The van der Waals surface area contributed by atoms with Crippen LogP contribution in [0.5, 0.6) is 17.4 Å². The summed E-state index contributed by atoms with van der Waals surface area (Å²) in [6, 6.07) is 22.1. The van der Waals surface area contributed by atoms with Crippen LogP contribution in [0, 0.1) is 11.6 Å². The van der Waals surface area contributed by atoms with Gasteiger partial charge in [0.25, 0.3) is 0 Å². The minimum Gasteiger partial charge on any atom is -0.493 e. The lowest BCUT2D eigenvalue weighted by Gasteiger charge is -2.25. The van der Waals surface area contributed by atoms with Crippen LogP contribution in [0.25, 0.3) is 0 Å². The van der Waals surface area contributed by atoms with Crippen LogP contribution in [0.15, 0.2) is 85.1 Å². The van der Waals surface area contributed by atoms with Gasteiger partial charge in [0.1, 0.15) is 11.6 Å². The number of carbonyl (C=O) groups excluding carboxylic acids is 1. The van der Waals surface area contributed by atoms with E-state index in [2.05, 4.69) is 9.88 Å². The molecule has 2 N–H and O–H groups in total. The van der Waals surface area contributed by atoms with Crippen molar-refractivity contribution in [1.82, 2.24) is 4.98 Å². The molecule has 1 heterocycles. The Morgan fingerprint density at radius 2 is 1.78 bits per heavy atom. The molecule has 36 heavy (non-hydrogen) atoms. The van der Waals surface area contributed by atoms with Gasteiger partial charge in [-0.2, -0.15) is 0 Å². The first-order chi connectivity index (χ1) is 17.4. The van der Waals surface area contributed by atoms with Crippen molar-refractivity contribution in [3.8, 4) is 17.4 Å². The summed E-state index contributed by atoms with van der Waals surface area (Å²) in [6.45, 7) is 1.04. The number of pyridine rings is 1. The average Bonchev–Trinajstić information content (AvgIpc) is 2.89. The fourth-order valence-electron chi connectivity index (χ4n) is 3.73. The molecule has 184 valence electrons. The molecule has 0 fully saturated rings. The molecule has 6 nitrogen and oxygen atoms in total. The zero-order chi connectivity index (χ0) is 25.5. The lowest BCUT2D eigenvalue weighted by atomic mass is 10.1. The molecule has 0 bridgehead atoms. The first-order valence-electron chi connectivity index (χ1n) is 11.3. The quantitative estimate of drug-likeness (QED) is 0.318. The first kappa shape index (κ1) is 24.7. The van der Waals surface area contributed by atoms with E-state index in [1.165, 1.54) is 24.4 Å². The molecule has 8 heteroatoms. The number of benzene rings is 3. The molecule has 0 aliphatic rings. The summed E-state index contributed by atoms with van der Waals surface area (Å²) < 4.78 is 38.9. The lowest BCUT2D eigenvalue weighted by Crippen LogP contribution is -2.25. The third-order valence-corrected chi connectivity index (χ3v) is 5.62. The summed E-state index contributed by atoms with van der Waals surface area (Å²) >= 11 is 0. The minimum atomic E-state index is -0.593. The van der Waals surface area contributed by atoms with Crippen LogP contribution in [0.3, 0.4) is 0 Å². The highest BCUT2D eigenvalue weighted by Crippen LogP contribution is 2.32. The fraction of sp³-hybridized carbons (Fsp3) is 0.143. The zero-order valence-corrected chi connectivity index (χ0v) is 19.7. The highest BCUT2D eigenvalue weighted by molar-refractivity contribution is 5.92. The Bertz CT molecular complexity index is 1330. The maximum absolute atomic E-state index is 14.2. The van der Waals surface area contributed by atoms with Crippen molar-refractivity contribution in [2.75, 3.05) is 18.6 Å². The summed E-state index contributed by atoms with van der Waals surface area (Å²) in [4.78, 5) is 17.5. The molecule has 0 saturated heterocycles. The molecule has 3 aromatic carbocycles. The van der Waals surface area contributed by atoms with E-state index in [0.29, 0.717) is 42.5 Å². The van der Waals surface area contributed by atoms with Gasteiger partial charge >= 0.3 is 0 Å². The Morgan fingerprint density at radius 3 is 2.44 bits per heavy atom. The topological polar surface area (TPSA) is 77.7 Å². The molecule has 0 radical (unpaired) electrons. The monoisotopic (exact) mass is 489 g/mol. The Labute approximate surface area is 207 Å². The number of aromatic nitrogens is 1. The summed E-state index contributed by atoms with van der Waals surface area (Å²) in [5.74, 6) is -0.460. The number of hydrogen-bond acceptors (Lipinski definition) is 5. The van der Waals surface area contributed by atoms with Crippen molar-refractivity contribution in [1.29, 1.82) is 0 Å². The van der Waals surface area contributed by atoms with Gasteiger partial charge in [0.05, 0.1) is 12.7 Å². The number of nitrogens with zero attached hydrogens (tertiary/aromatic N) is 2. The number of para-hydroxylation sites is 1. The molecule has 1 amide bonds. The highest BCUT2D eigenvalue weighted by Gasteiger charge is 2.14. The van der Waals surface area contributed by atoms with E-state index in [9.17, 15) is 13.6 Å². The van der Waals surface area contributed by atoms with Crippen molar-refractivity contribution >= 4 is 11.6 Å².